The van der Waals surface area contributed by atoms with Crippen LogP contribution in [0, 0.1) is 0 Å². The minimum absolute atomic E-state index is 0.0653. The summed E-state index contributed by atoms with van der Waals surface area (Å²) in [5, 5.41) is 12.3. The van der Waals surface area contributed by atoms with E-state index in [0.717, 1.165) is 0 Å². The van der Waals surface area contributed by atoms with Crippen LogP contribution in [0.2, 0.25) is 0 Å². The Hall–Kier alpha value is -3.07. The number of rotatable bonds is 9. The van der Waals surface area contributed by atoms with Gasteiger partial charge in [-0.15, -0.1) is 0 Å². The smallest absolute Gasteiger partial charge is 0.341 e. The number of ether oxygens (including phenoxy) is 2. The lowest BCUT2D eigenvalue weighted by Crippen LogP contribution is -2.18. The number of aliphatic carboxylic acids is 1. The Bertz CT molecular complexity index is 861. The normalized spacial score (nSPS) is 11.3. The summed E-state index contributed by atoms with van der Waals surface area (Å²) in [6.07, 6.45) is 1.33. The minimum Gasteiger partial charge on any atom is -0.494 e. The molecule has 26 heavy (non-hydrogen) atoms. The van der Waals surface area contributed by atoms with Gasteiger partial charge in [0.15, 0.2) is 6.61 Å². The van der Waals surface area contributed by atoms with Crippen LogP contribution in [-0.2, 0) is 14.8 Å². The zero-order valence-corrected chi connectivity index (χ0v) is 14.8. The predicted molar refractivity (Wildman–Crippen MR) is 95.1 cm³/mol. The molecule has 0 bridgehead atoms. The SMILES string of the molecule is CCOc1ccc(S(=O)(=O)N/N=C/c2ccc(OCC(=O)O)cc2)cc1. The third-order valence-corrected chi connectivity index (χ3v) is 4.31. The summed E-state index contributed by atoms with van der Waals surface area (Å²) >= 11 is 0. The highest BCUT2D eigenvalue weighted by atomic mass is 32.2. The molecule has 0 fully saturated rings. The molecule has 0 aliphatic carbocycles. The van der Waals surface area contributed by atoms with Gasteiger partial charge in [-0.2, -0.15) is 13.5 Å². The Labute approximate surface area is 151 Å². The van der Waals surface area contributed by atoms with Gasteiger partial charge in [0.2, 0.25) is 0 Å². The van der Waals surface area contributed by atoms with Crippen LogP contribution in [0.4, 0.5) is 0 Å². The van der Waals surface area contributed by atoms with Crippen LogP contribution in [0.3, 0.4) is 0 Å². The maximum absolute atomic E-state index is 12.2. The van der Waals surface area contributed by atoms with E-state index < -0.39 is 22.6 Å². The first-order valence-electron chi connectivity index (χ1n) is 7.63. The number of nitrogens with one attached hydrogen (secondary N) is 1. The number of carbonyl (C=O) groups is 1. The zero-order valence-electron chi connectivity index (χ0n) is 14.0. The first-order chi connectivity index (χ1) is 12.4. The molecule has 0 aromatic heterocycles. The molecule has 2 aromatic carbocycles. The second-order valence-electron chi connectivity index (χ2n) is 5.01. The van der Waals surface area contributed by atoms with Crippen molar-refractivity contribution in [3.8, 4) is 11.5 Å². The van der Waals surface area contributed by atoms with Gasteiger partial charge in [-0.05, 0) is 61.0 Å². The van der Waals surface area contributed by atoms with Crippen molar-refractivity contribution in [2.24, 2.45) is 5.10 Å². The summed E-state index contributed by atoms with van der Waals surface area (Å²) in [6, 6.07) is 12.3. The molecule has 2 rings (SSSR count). The molecule has 0 aliphatic rings. The molecular weight excluding hydrogens is 360 g/mol. The standard InChI is InChI=1S/C17H18N2O6S/c1-2-24-14-7-9-16(10-8-14)26(22,23)19-18-11-13-3-5-15(6-4-13)25-12-17(20)21/h3-11,19H,2,12H2,1H3,(H,20,21)/b18-11+. The number of hydrazone groups is 1. The fraction of sp³-hybridized carbons (Fsp3) is 0.176. The van der Waals surface area contributed by atoms with Crippen LogP contribution in [0.25, 0.3) is 0 Å². The number of hydrogen-bond acceptors (Lipinski definition) is 6. The maximum atomic E-state index is 12.2. The highest BCUT2D eigenvalue weighted by molar-refractivity contribution is 7.89. The van der Waals surface area contributed by atoms with Gasteiger partial charge in [0.25, 0.3) is 10.0 Å². The van der Waals surface area contributed by atoms with Crippen LogP contribution in [-0.4, -0.2) is 38.9 Å². The summed E-state index contributed by atoms with van der Waals surface area (Å²) in [7, 11) is -3.78. The van der Waals surface area contributed by atoms with E-state index in [0.29, 0.717) is 23.7 Å². The number of carboxylic acid groups (broad SMARTS) is 1. The van der Waals surface area contributed by atoms with Gasteiger partial charge >= 0.3 is 5.97 Å². The second kappa shape index (κ2) is 8.86. The van der Waals surface area contributed by atoms with E-state index in [1.165, 1.54) is 18.3 Å². The molecule has 9 heteroatoms. The number of hydrogen-bond donors (Lipinski definition) is 2. The van der Waals surface area contributed by atoms with Crippen LogP contribution in [0.1, 0.15) is 12.5 Å². The third-order valence-electron chi connectivity index (χ3n) is 3.07. The lowest BCUT2D eigenvalue weighted by Gasteiger charge is -2.06. The minimum atomic E-state index is -3.78. The highest BCUT2D eigenvalue weighted by Gasteiger charge is 2.12. The van der Waals surface area contributed by atoms with E-state index in [9.17, 15) is 13.2 Å². The molecular formula is C17H18N2O6S. The van der Waals surface area contributed by atoms with Crippen molar-refractivity contribution in [1.29, 1.82) is 0 Å². The average Bonchev–Trinajstić information content (AvgIpc) is 2.61. The van der Waals surface area contributed by atoms with E-state index in [2.05, 4.69) is 9.93 Å². The molecule has 0 saturated heterocycles. The fourth-order valence-electron chi connectivity index (χ4n) is 1.90. The van der Waals surface area contributed by atoms with Crippen LogP contribution in [0.5, 0.6) is 11.5 Å². The van der Waals surface area contributed by atoms with Crippen molar-refractivity contribution in [3.63, 3.8) is 0 Å². The highest BCUT2D eigenvalue weighted by Crippen LogP contribution is 2.16. The van der Waals surface area contributed by atoms with Gasteiger partial charge in [0.1, 0.15) is 11.5 Å². The molecule has 0 spiro atoms. The Morgan fingerprint density at radius 1 is 1.08 bits per heavy atom. The first kappa shape index (κ1) is 19.3. The van der Waals surface area contributed by atoms with Crippen molar-refractivity contribution in [2.45, 2.75) is 11.8 Å². The number of benzene rings is 2. The molecule has 0 heterocycles. The van der Waals surface area contributed by atoms with Crippen LogP contribution >= 0.6 is 0 Å². The summed E-state index contributed by atoms with van der Waals surface area (Å²) < 4.78 is 34.6. The Morgan fingerprint density at radius 3 is 2.23 bits per heavy atom. The van der Waals surface area contributed by atoms with Gasteiger partial charge in [-0.1, -0.05) is 0 Å². The molecule has 2 aromatic rings. The second-order valence-corrected chi connectivity index (χ2v) is 6.67. The van der Waals surface area contributed by atoms with Gasteiger partial charge in [0, 0.05) is 0 Å². The summed E-state index contributed by atoms with van der Waals surface area (Å²) in [4.78, 5) is 12.6. The fourth-order valence-corrected chi connectivity index (χ4v) is 2.69. The van der Waals surface area contributed by atoms with Gasteiger partial charge in [-0.25, -0.2) is 9.63 Å². The average molecular weight is 378 g/mol. The molecule has 0 atom stereocenters. The van der Waals surface area contributed by atoms with Gasteiger partial charge < -0.3 is 14.6 Å². The lowest BCUT2D eigenvalue weighted by molar-refractivity contribution is -0.139. The van der Waals surface area contributed by atoms with Crippen LogP contribution < -0.4 is 14.3 Å². The number of sulfonamides is 1. The molecule has 0 saturated carbocycles. The first-order valence-corrected chi connectivity index (χ1v) is 9.11. The zero-order chi connectivity index (χ0) is 19.0. The quantitative estimate of drug-likeness (QED) is 0.508. The van der Waals surface area contributed by atoms with E-state index in [1.54, 1.807) is 36.4 Å². The topological polar surface area (TPSA) is 114 Å². The van der Waals surface area contributed by atoms with E-state index in [1.807, 2.05) is 6.92 Å². The Balaban J connectivity index is 1.96. The summed E-state index contributed by atoms with van der Waals surface area (Å²) in [6.45, 7) is 1.90. The lowest BCUT2D eigenvalue weighted by atomic mass is 10.2. The van der Waals surface area contributed by atoms with E-state index in [4.69, 9.17) is 14.6 Å². The van der Waals surface area contributed by atoms with Crippen LogP contribution in [0.15, 0.2) is 58.5 Å². The largest absolute Gasteiger partial charge is 0.494 e. The van der Waals surface area contributed by atoms with Gasteiger partial charge in [-0.3, -0.25) is 0 Å². The maximum Gasteiger partial charge on any atom is 0.341 e. The molecule has 8 nitrogen and oxygen atoms in total. The molecule has 0 aliphatic heterocycles. The van der Waals surface area contributed by atoms with Crippen molar-refractivity contribution >= 4 is 22.2 Å². The monoisotopic (exact) mass is 378 g/mol. The summed E-state index contributed by atoms with van der Waals surface area (Å²) in [5.74, 6) is -0.0981. The number of nitrogens with zero attached hydrogens (tertiary/aromatic N) is 1. The van der Waals surface area contributed by atoms with E-state index in [-0.39, 0.29) is 4.90 Å². The molecule has 0 unspecified atom stereocenters. The van der Waals surface area contributed by atoms with Crippen molar-refractivity contribution in [3.05, 3.63) is 54.1 Å². The molecule has 0 amide bonds. The molecule has 0 radical (unpaired) electrons. The van der Waals surface area contributed by atoms with Crippen molar-refractivity contribution in [2.75, 3.05) is 13.2 Å². The number of carboxylic acids is 1. The van der Waals surface area contributed by atoms with Gasteiger partial charge in [0.05, 0.1) is 17.7 Å². The molecule has 138 valence electrons. The Kier molecular flexibility index (Phi) is 6.56. The molecule has 2 N–H and O–H groups in total. The third kappa shape index (κ3) is 5.78. The predicted octanol–water partition coefficient (Wildman–Crippen LogP) is 1.86. The van der Waals surface area contributed by atoms with E-state index >= 15 is 0 Å². The Morgan fingerprint density at radius 2 is 1.65 bits per heavy atom. The summed E-state index contributed by atoms with van der Waals surface area (Å²) in [5.41, 5.74) is 0.613. The van der Waals surface area contributed by atoms with Crippen molar-refractivity contribution in [1.82, 2.24) is 4.83 Å². The van der Waals surface area contributed by atoms with Crippen molar-refractivity contribution < 1.29 is 27.8 Å².